The minimum Gasteiger partial charge on any atom is -0.358 e. The third-order valence-electron chi connectivity index (χ3n) is 4.20. The Balaban J connectivity index is 1.63. The quantitative estimate of drug-likeness (QED) is 0.484. The van der Waals surface area contributed by atoms with Crippen LogP contribution in [0.1, 0.15) is 29.1 Å². The molecule has 0 aliphatic rings. The largest absolute Gasteiger partial charge is 0.390 e. The Morgan fingerprint density at radius 3 is 2.24 bits per heavy atom. The summed E-state index contributed by atoms with van der Waals surface area (Å²) in [5, 5.41) is 24.2. The molecule has 150 valence electrons. The van der Waals surface area contributed by atoms with Crippen LogP contribution in [0.2, 0.25) is 0 Å². The van der Waals surface area contributed by atoms with Gasteiger partial charge >= 0.3 is 5.82 Å². The third-order valence-corrected chi connectivity index (χ3v) is 4.20. The summed E-state index contributed by atoms with van der Waals surface area (Å²) < 4.78 is 2.83. The van der Waals surface area contributed by atoms with Crippen LogP contribution in [0.5, 0.6) is 0 Å². The molecule has 3 rings (SSSR count). The maximum atomic E-state index is 12.5. The number of amides is 2. The molecule has 0 fully saturated rings. The van der Waals surface area contributed by atoms with Crippen molar-refractivity contribution in [3.63, 3.8) is 0 Å². The lowest BCUT2D eigenvalue weighted by atomic mass is 10.2. The zero-order chi connectivity index (χ0) is 21.1. The average Bonchev–Trinajstić information content (AvgIpc) is 3.28. The fraction of sp³-hybridized carbons (Fsp3) is 0.222. The molecule has 0 aliphatic heterocycles. The maximum Gasteiger partial charge on any atom is 0.390 e. The van der Waals surface area contributed by atoms with E-state index in [0.717, 1.165) is 0 Å². The lowest BCUT2D eigenvalue weighted by Crippen LogP contribution is -2.25. The van der Waals surface area contributed by atoms with Gasteiger partial charge in [0.05, 0.1) is 16.9 Å². The topological polar surface area (TPSA) is 137 Å². The second-order valence-corrected chi connectivity index (χ2v) is 6.42. The molecule has 0 spiro atoms. The van der Waals surface area contributed by atoms with E-state index in [1.165, 1.54) is 15.4 Å². The molecule has 2 N–H and O–H groups in total. The van der Waals surface area contributed by atoms with Crippen LogP contribution in [-0.4, -0.2) is 36.3 Å². The van der Waals surface area contributed by atoms with Gasteiger partial charge in [-0.15, -0.1) is 0 Å². The van der Waals surface area contributed by atoms with E-state index in [2.05, 4.69) is 20.8 Å². The molecule has 1 unspecified atom stereocenters. The highest BCUT2D eigenvalue weighted by Crippen LogP contribution is 2.19. The highest BCUT2D eigenvalue weighted by molar-refractivity contribution is 6.03. The summed E-state index contributed by atoms with van der Waals surface area (Å²) in [6, 6.07) is 8.73. The van der Waals surface area contributed by atoms with Gasteiger partial charge in [-0.1, -0.05) is 0 Å². The average molecular weight is 397 g/mol. The summed E-state index contributed by atoms with van der Waals surface area (Å²) >= 11 is 0. The summed E-state index contributed by atoms with van der Waals surface area (Å²) in [5.74, 6) is -1.03. The number of nitrogens with one attached hydrogen (secondary N) is 2. The Hall–Kier alpha value is -4.02. The van der Waals surface area contributed by atoms with Gasteiger partial charge in [0.2, 0.25) is 0 Å². The van der Waals surface area contributed by atoms with Crippen molar-refractivity contribution in [3.8, 4) is 0 Å². The van der Waals surface area contributed by atoms with Gasteiger partial charge in [-0.05, 0) is 49.1 Å². The number of nitrogens with zero attached hydrogens (tertiary/aromatic N) is 5. The van der Waals surface area contributed by atoms with Crippen LogP contribution in [0.25, 0.3) is 0 Å². The first-order chi connectivity index (χ1) is 13.7. The maximum absolute atomic E-state index is 12.5. The fourth-order valence-corrected chi connectivity index (χ4v) is 2.68. The van der Waals surface area contributed by atoms with Crippen molar-refractivity contribution in [2.45, 2.75) is 19.9 Å². The minimum absolute atomic E-state index is 0.294. The van der Waals surface area contributed by atoms with E-state index in [4.69, 9.17) is 0 Å². The third kappa shape index (κ3) is 4.46. The molecule has 1 aromatic carbocycles. The molecule has 0 aliphatic carbocycles. The standard InChI is InChI=1S/C18H19N7O4/c1-11-10-16(25(28)29)22-24(11)12(2)17(26)19-13-4-6-14(7-5-13)20-18(27)15-8-9-23(3)21-15/h4-10,12H,1-3H3,(H,19,26)(H,20,27). The summed E-state index contributed by atoms with van der Waals surface area (Å²) in [6.45, 7) is 3.24. The van der Waals surface area contributed by atoms with Crippen molar-refractivity contribution in [1.29, 1.82) is 0 Å². The van der Waals surface area contributed by atoms with Gasteiger partial charge in [0, 0.05) is 24.6 Å². The van der Waals surface area contributed by atoms with Crippen LogP contribution in [0, 0.1) is 17.0 Å². The summed E-state index contributed by atoms with van der Waals surface area (Å²) in [5.41, 5.74) is 1.86. The van der Waals surface area contributed by atoms with E-state index in [-0.39, 0.29) is 17.6 Å². The Morgan fingerprint density at radius 1 is 1.10 bits per heavy atom. The second-order valence-electron chi connectivity index (χ2n) is 6.42. The second kappa shape index (κ2) is 7.92. The van der Waals surface area contributed by atoms with Crippen LogP contribution < -0.4 is 10.6 Å². The van der Waals surface area contributed by atoms with Gasteiger partial charge in [-0.2, -0.15) is 9.78 Å². The molecule has 2 amide bonds. The molecule has 0 bridgehead atoms. The number of aromatic nitrogens is 4. The molecule has 11 nitrogen and oxygen atoms in total. The van der Waals surface area contributed by atoms with E-state index in [1.54, 1.807) is 57.4 Å². The van der Waals surface area contributed by atoms with Gasteiger partial charge in [-0.25, -0.2) is 0 Å². The summed E-state index contributed by atoms with van der Waals surface area (Å²) in [4.78, 5) is 34.8. The number of anilines is 2. The highest BCUT2D eigenvalue weighted by Gasteiger charge is 2.24. The molecular weight excluding hydrogens is 378 g/mol. The normalized spacial score (nSPS) is 11.7. The molecule has 2 aromatic heterocycles. The SMILES string of the molecule is Cc1cc([N+](=O)[O-])nn1C(C)C(=O)Nc1ccc(NC(=O)c2ccn(C)n2)cc1. The zero-order valence-corrected chi connectivity index (χ0v) is 16.0. The van der Waals surface area contributed by atoms with Gasteiger partial charge in [0.15, 0.2) is 5.69 Å². The molecule has 0 saturated heterocycles. The molecule has 29 heavy (non-hydrogen) atoms. The van der Waals surface area contributed by atoms with E-state index in [1.807, 2.05) is 0 Å². The molecule has 1 atom stereocenters. The predicted molar refractivity (Wildman–Crippen MR) is 105 cm³/mol. The predicted octanol–water partition coefficient (Wildman–Crippen LogP) is 2.29. The lowest BCUT2D eigenvalue weighted by Gasteiger charge is -2.12. The number of hydrogen-bond donors (Lipinski definition) is 2. The first-order valence-corrected chi connectivity index (χ1v) is 8.67. The Kier molecular flexibility index (Phi) is 5.39. The number of hydrogen-bond acceptors (Lipinski definition) is 6. The van der Waals surface area contributed by atoms with Crippen molar-refractivity contribution >= 4 is 29.0 Å². The monoisotopic (exact) mass is 397 g/mol. The van der Waals surface area contributed by atoms with E-state index in [9.17, 15) is 19.7 Å². The smallest absolute Gasteiger partial charge is 0.358 e. The Labute approximate surface area is 165 Å². The molecule has 0 radical (unpaired) electrons. The number of aryl methyl sites for hydroxylation is 2. The van der Waals surface area contributed by atoms with Crippen molar-refractivity contribution < 1.29 is 14.5 Å². The van der Waals surface area contributed by atoms with Crippen LogP contribution in [0.3, 0.4) is 0 Å². The molecule has 2 heterocycles. The lowest BCUT2D eigenvalue weighted by molar-refractivity contribution is -0.389. The van der Waals surface area contributed by atoms with E-state index < -0.39 is 11.0 Å². The van der Waals surface area contributed by atoms with Crippen LogP contribution in [0.4, 0.5) is 17.2 Å². The molecule has 11 heteroatoms. The first-order valence-electron chi connectivity index (χ1n) is 8.67. The van der Waals surface area contributed by atoms with Gasteiger partial charge in [-0.3, -0.25) is 14.3 Å². The Bertz CT molecular complexity index is 1070. The van der Waals surface area contributed by atoms with Crippen molar-refractivity contribution in [2.24, 2.45) is 7.05 Å². The molecule has 3 aromatic rings. The number of nitro groups is 1. The number of carbonyl (C=O) groups excluding carboxylic acids is 2. The van der Waals surface area contributed by atoms with Gasteiger partial charge in [0.25, 0.3) is 11.8 Å². The van der Waals surface area contributed by atoms with Crippen LogP contribution in [0.15, 0.2) is 42.6 Å². The summed E-state index contributed by atoms with van der Waals surface area (Å²) in [7, 11) is 1.72. The minimum atomic E-state index is -0.743. The number of carbonyl (C=O) groups is 2. The summed E-state index contributed by atoms with van der Waals surface area (Å²) in [6.07, 6.45) is 1.67. The first kappa shape index (κ1) is 19.7. The van der Waals surface area contributed by atoms with Crippen molar-refractivity contribution in [3.05, 3.63) is 64.1 Å². The van der Waals surface area contributed by atoms with Crippen molar-refractivity contribution in [1.82, 2.24) is 19.6 Å². The Morgan fingerprint density at radius 2 is 1.72 bits per heavy atom. The number of rotatable bonds is 6. The van der Waals surface area contributed by atoms with E-state index in [0.29, 0.717) is 22.8 Å². The van der Waals surface area contributed by atoms with Crippen LogP contribution >= 0.6 is 0 Å². The van der Waals surface area contributed by atoms with Crippen LogP contribution in [-0.2, 0) is 11.8 Å². The van der Waals surface area contributed by atoms with Crippen molar-refractivity contribution in [2.75, 3.05) is 10.6 Å². The fourth-order valence-electron chi connectivity index (χ4n) is 2.68. The van der Waals surface area contributed by atoms with E-state index >= 15 is 0 Å². The number of benzene rings is 1. The molecular formula is C18H19N7O4. The molecule has 0 saturated carbocycles. The highest BCUT2D eigenvalue weighted by atomic mass is 16.6. The zero-order valence-electron chi connectivity index (χ0n) is 16.0. The van der Waals surface area contributed by atoms with Gasteiger partial charge < -0.3 is 20.7 Å². The van der Waals surface area contributed by atoms with Gasteiger partial charge in [0.1, 0.15) is 6.04 Å².